The van der Waals surface area contributed by atoms with Crippen molar-refractivity contribution in [2.45, 2.75) is 38.2 Å². The smallest absolute Gasteiger partial charge is 0.408 e. The molecule has 7 heteroatoms. The molecule has 2 atom stereocenters. The molecule has 6 nitrogen and oxygen atoms in total. The normalized spacial score (nSPS) is 13.2. The van der Waals surface area contributed by atoms with Crippen LogP contribution in [0.2, 0.25) is 0 Å². The molecule has 2 unspecified atom stereocenters. The fourth-order valence-corrected chi connectivity index (χ4v) is 2.71. The monoisotopic (exact) mass is 341 g/mol. The Morgan fingerprint density at radius 2 is 1.87 bits per heavy atom. The van der Waals surface area contributed by atoms with Crippen molar-refractivity contribution in [1.29, 1.82) is 0 Å². The summed E-state index contributed by atoms with van der Waals surface area (Å²) in [6, 6.07) is 8.34. The quantitative estimate of drug-likeness (QED) is 0.732. The molecule has 1 aromatic rings. The first kappa shape index (κ1) is 19.2. The van der Waals surface area contributed by atoms with Gasteiger partial charge in [-0.05, 0) is 12.0 Å². The molecule has 0 aliphatic carbocycles. The van der Waals surface area contributed by atoms with Crippen molar-refractivity contribution < 1.29 is 23.3 Å². The molecule has 0 heterocycles. The second-order valence-electron chi connectivity index (χ2n) is 5.20. The van der Waals surface area contributed by atoms with Crippen LogP contribution in [0, 0.1) is 0 Å². The third kappa shape index (κ3) is 7.27. The minimum atomic E-state index is -1.06. The van der Waals surface area contributed by atoms with Gasteiger partial charge >= 0.3 is 12.1 Å². The van der Waals surface area contributed by atoms with Gasteiger partial charge in [-0.3, -0.25) is 4.21 Å². The van der Waals surface area contributed by atoms with E-state index in [0.717, 1.165) is 5.56 Å². The molecule has 0 spiro atoms. The van der Waals surface area contributed by atoms with Gasteiger partial charge in [-0.1, -0.05) is 44.2 Å². The lowest BCUT2D eigenvalue weighted by Crippen LogP contribution is -2.42. The fraction of sp³-hybridized carbons (Fsp3) is 0.500. The van der Waals surface area contributed by atoms with E-state index in [1.165, 1.54) is 7.11 Å². The highest BCUT2D eigenvalue weighted by Gasteiger charge is 2.23. The van der Waals surface area contributed by atoms with E-state index in [2.05, 4.69) is 10.1 Å². The maximum absolute atomic E-state index is 11.8. The molecule has 1 amide bonds. The summed E-state index contributed by atoms with van der Waals surface area (Å²) in [6.45, 7) is 3.79. The number of amides is 1. The second kappa shape index (κ2) is 9.99. The summed E-state index contributed by atoms with van der Waals surface area (Å²) in [6.07, 6.45) is -0.475. The second-order valence-corrected chi connectivity index (χ2v) is 7.32. The molecule has 0 aliphatic rings. The Morgan fingerprint density at radius 1 is 1.22 bits per heavy atom. The van der Waals surface area contributed by atoms with Crippen LogP contribution in [0.3, 0.4) is 0 Å². The van der Waals surface area contributed by atoms with E-state index >= 15 is 0 Å². The lowest BCUT2D eigenvalue weighted by atomic mass is 10.2. The highest BCUT2D eigenvalue weighted by Crippen LogP contribution is 2.04. The topological polar surface area (TPSA) is 81.7 Å². The zero-order chi connectivity index (χ0) is 17.2. The first-order chi connectivity index (χ1) is 10.9. The van der Waals surface area contributed by atoms with E-state index in [4.69, 9.17) is 4.74 Å². The fourth-order valence-electron chi connectivity index (χ4n) is 1.77. The lowest BCUT2D eigenvalue weighted by Gasteiger charge is -2.16. The van der Waals surface area contributed by atoms with E-state index in [0.29, 0.717) is 5.75 Å². The summed E-state index contributed by atoms with van der Waals surface area (Å²) in [5.41, 5.74) is 0.846. The lowest BCUT2D eigenvalue weighted by molar-refractivity contribution is -0.143. The molecular weight excluding hydrogens is 318 g/mol. The number of nitrogens with one attached hydrogen (secondary N) is 1. The summed E-state index contributed by atoms with van der Waals surface area (Å²) < 4.78 is 21.5. The van der Waals surface area contributed by atoms with Crippen LogP contribution in [-0.4, -0.2) is 40.4 Å². The van der Waals surface area contributed by atoms with E-state index < -0.39 is 28.9 Å². The van der Waals surface area contributed by atoms with Gasteiger partial charge in [0.1, 0.15) is 12.6 Å². The number of hydrogen-bond acceptors (Lipinski definition) is 5. The van der Waals surface area contributed by atoms with E-state index in [9.17, 15) is 13.8 Å². The maximum Gasteiger partial charge on any atom is 0.408 e. The molecule has 1 N–H and O–H groups in total. The van der Waals surface area contributed by atoms with Gasteiger partial charge in [0.05, 0.1) is 7.11 Å². The highest BCUT2D eigenvalue weighted by atomic mass is 32.2. The standard InChI is InChI=1S/C16H23NO5S/c1-12(2)23(20)10-9-14(15(18)21-3)17-16(19)22-11-13-7-5-4-6-8-13/h4-8,12,14H,9-11H2,1-3H3,(H,17,19). The minimum Gasteiger partial charge on any atom is -0.467 e. The maximum atomic E-state index is 11.8. The van der Waals surface area contributed by atoms with Gasteiger partial charge in [-0.25, -0.2) is 9.59 Å². The van der Waals surface area contributed by atoms with Crippen molar-refractivity contribution in [1.82, 2.24) is 5.32 Å². The molecule has 23 heavy (non-hydrogen) atoms. The van der Waals surface area contributed by atoms with Crippen LogP contribution in [0.25, 0.3) is 0 Å². The molecule has 0 aromatic heterocycles. The van der Waals surface area contributed by atoms with Gasteiger partial charge in [-0.2, -0.15) is 0 Å². The van der Waals surface area contributed by atoms with Gasteiger partial charge in [-0.15, -0.1) is 0 Å². The molecule has 0 aliphatic heterocycles. The van der Waals surface area contributed by atoms with Crippen LogP contribution in [0.1, 0.15) is 25.8 Å². The first-order valence-corrected chi connectivity index (χ1v) is 8.74. The zero-order valence-corrected chi connectivity index (χ0v) is 14.4. The van der Waals surface area contributed by atoms with E-state index in [1.54, 1.807) is 0 Å². The Kier molecular flexibility index (Phi) is 8.32. The van der Waals surface area contributed by atoms with Crippen LogP contribution in [0.5, 0.6) is 0 Å². The number of rotatable bonds is 8. The highest BCUT2D eigenvalue weighted by molar-refractivity contribution is 7.85. The van der Waals surface area contributed by atoms with Crippen molar-refractivity contribution in [2.24, 2.45) is 0 Å². The molecule has 0 bridgehead atoms. The van der Waals surface area contributed by atoms with E-state index in [1.807, 2.05) is 44.2 Å². The van der Waals surface area contributed by atoms with Gasteiger partial charge in [0, 0.05) is 21.8 Å². The average Bonchev–Trinajstić information content (AvgIpc) is 2.56. The predicted octanol–water partition coefficient (Wildman–Crippen LogP) is 2.00. The van der Waals surface area contributed by atoms with Crippen LogP contribution in [-0.2, 0) is 31.7 Å². The Morgan fingerprint density at radius 3 is 2.43 bits per heavy atom. The molecule has 0 saturated heterocycles. The van der Waals surface area contributed by atoms with Crippen LogP contribution < -0.4 is 5.32 Å². The van der Waals surface area contributed by atoms with Crippen LogP contribution in [0.4, 0.5) is 4.79 Å². The molecule has 0 radical (unpaired) electrons. The molecule has 128 valence electrons. The summed E-state index contributed by atoms with van der Waals surface area (Å²) in [5.74, 6) is -0.279. The van der Waals surface area contributed by atoms with Gasteiger partial charge in [0.25, 0.3) is 0 Å². The van der Waals surface area contributed by atoms with E-state index in [-0.39, 0.29) is 18.3 Å². The Labute approximate surface area is 139 Å². The minimum absolute atomic E-state index is 0.00155. The van der Waals surface area contributed by atoms with Crippen LogP contribution >= 0.6 is 0 Å². The van der Waals surface area contributed by atoms with Gasteiger partial charge in [0.15, 0.2) is 0 Å². The summed E-state index contributed by atoms with van der Waals surface area (Å²) in [5, 5.41) is 2.46. The largest absolute Gasteiger partial charge is 0.467 e. The molecule has 1 aromatic carbocycles. The zero-order valence-electron chi connectivity index (χ0n) is 13.6. The summed E-state index contributed by atoms with van der Waals surface area (Å²) in [7, 11) is 0.183. The van der Waals surface area contributed by atoms with Crippen molar-refractivity contribution in [3.63, 3.8) is 0 Å². The third-order valence-electron chi connectivity index (χ3n) is 3.12. The molecule has 0 fully saturated rings. The van der Waals surface area contributed by atoms with Gasteiger partial charge in [0.2, 0.25) is 0 Å². The first-order valence-electron chi connectivity index (χ1n) is 7.36. The summed E-state index contributed by atoms with van der Waals surface area (Å²) >= 11 is 0. The van der Waals surface area contributed by atoms with Gasteiger partial charge < -0.3 is 14.8 Å². The van der Waals surface area contributed by atoms with Crippen LogP contribution in [0.15, 0.2) is 30.3 Å². The molecular formula is C16H23NO5S. The number of carbonyl (C=O) groups is 2. The van der Waals surface area contributed by atoms with Crippen molar-refractivity contribution in [3.8, 4) is 0 Å². The Bertz CT molecular complexity index is 533. The van der Waals surface area contributed by atoms with Crippen molar-refractivity contribution >= 4 is 22.9 Å². The number of alkyl carbamates (subject to hydrolysis) is 1. The SMILES string of the molecule is COC(=O)C(CCS(=O)C(C)C)NC(=O)OCc1ccccc1. The Hall–Kier alpha value is -1.89. The van der Waals surface area contributed by atoms with Crippen molar-refractivity contribution in [2.75, 3.05) is 12.9 Å². The van der Waals surface area contributed by atoms with Crippen molar-refractivity contribution in [3.05, 3.63) is 35.9 Å². The summed E-state index contributed by atoms with van der Waals surface area (Å²) in [4.78, 5) is 23.5. The number of benzene rings is 1. The number of esters is 1. The number of hydrogen-bond donors (Lipinski definition) is 1. The third-order valence-corrected chi connectivity index (χ3v) is 4.81. The number of ether oxygens (including phenoxy) is 2. The number of methoxy groups -OCH3 is 1. The Balaban J connectivity index is 2.50. The molecule has 0 saturated carbocycles. The predicted molar refractivity (Wildman–Crippen MR) is 88.3 cm³/mol. The average molecular weight is 341 g/mol. The molecule has 1 rings (SSSR count). The number of carbonyl (C=O) groups excluding carboxylic acids is 2.